The van der Waals surface area contributed by atoms with E-state index in [4.69, 9.17) is 5.73 Å². The highest BCUT2D eigenvalue weighted by atomic mass is 16.1. The monoisotopic (exact) mass is 256 g/mol. The molecule has 19 heavy (non-hydrogen) atoms. The normalized spacial score (nSPS) is 15.7. The Bertz CT molecular complexity index is 620. The van der Waals surface area contributed by atoms with E-state index in [2.05, 4.69) is 15.2 Å². The average Bonchev–Trinajstić information content (AvgIpc) is 2.46. The first-order valence-electron chi connectivity index (χ1n) is 6.41. The number of aromatic nitrogens is 1. The minimum atomic E-state index is -0.424. The first-order chi connectivity index (χ1) is 9.25. The van der Waals surface area contributed by atoms with E-state index in [1.807, 2.05) is 30.3 Å². The van der Waals surface area contributed by atoms with Gasteiger partial charge in [0.25, 0.3) is 5.91 Å². The smallest absolute Gasteiger partial charge is 0.252 e. The van der Waals surface area contributed by atoms with E-state index in [1.54, 1.807) is 0 Å². The Hall–Kier alpha value is -2.14. The lowest BCUT2D eigenvalue weighted by molar-refractivity contribution is 0.100. The maximum Gasteiger partial charge on any atom is 0.252 e. The molecule has 2 aromatic rings. The number of rotatable bonds is 2. The Morgan fingerprint density at radius 2 is 2.00 bits per heavy atom. The third-order valence-electron chi connectivity index (χ3n) is 3.39. The van der Waals surface area contributed by atoms with Crippen LogP contribution in [-0.4, -0.2) is 37.1 Å². The van der Waals surface area contributed by atoms with E-state index >= 15 is 0 Å². The Kier molecular flexibility index (Phi) is 3.05. The number of nitrogens with one attached hydrogen (secondary N) is 1. The van der Waals surface area contributed by atoms with Gasteiger partial charge in [-0.15, -0.1) is 0 Å². The molecule has 1 aliphatic heterocycles. The molecule has 1 saturated heterocycles. The molecule has 98 valence electrons. The molecule has 1 aliphatic rings. The average molecular weight is 256 g/mol. The molecule has 0 atom stereocenters. The number of anilines is 1. The largest absolute Gasteiger partial charge is 0.365 e. The van der Waals surface area contributed by atoms with Crippen LogP contribution < -0.4 is 16.0 Å². The number of nitrogens with two attached hydrogens (primary N) is 1. The molecular formula is C14H16N4O. The van der Waals surface area contributed by atoms with E-state index in [9.17, 15) is 4.79 Å². The molecule has 0 aliphatic carbocycles. The van der Waals surface area contributed by atoms with Gasteiger partial charge in [-0.25, -0.2) is 4.98 Å². The molecule has 5 nitrogen and oxygen atoms in total. The zero-order valence-electron chi connectivity index (χ0n) is 10.6. The SMILES string of the molecule is NC(=O)c1cc2ccccc2nc1N1CCNCC1. The van der Waals surface area contributed by atoms with Crippen LogP contribution in [0.4, 0.5) is 5.82 Å². The summed E-state index contributed by atoms with van der Waals surface area (Å²) in [7, 11) is 0. The summed E-state index contributed by atoms with van der Waals surface area (Å²) in [6, 6.07) is 9.60. The van der Waals surface area contributed by atoms with Gasteiger partial charge in [-0.3, -0.25) is 4.79 Å². The first kappa shape index (κ1) is 11.9. The number of carbonyl (C=O) groups excluding carboxylic acids is 1. The van der Waals surface area contributed by atoms with Crippen molar-refractivity contribution in [1.29, 1.82) is 0 Å². The number of fused-ring (bicyclic) bond motifs is 1. The van der Waals surface area contributed by atoms with Gasteiger partial charge in [0, 0.05) is 31.6 Å². The molecule has 0 unspecified atom stereocenters. The lowest BCUT2D eigenvalue weighted by atomic mass is 10.1. The van der Waals surface area contributed by atoms with E-state index in [0.717, 1.165) is 37.1 Å². The van der Waals surface area contributed by atoms with Crippen molar-refractivity contribution in [3.8, 4) is 0 Å². The Labute approximate surface area is 111 Å². The number of hydrogen-bond donors (Lipinski definition) is 2. The summed E-state index contributed by atoms with van der Waals surface area (Å²) in [5, 5.41) is 4.22. The van der Waals surface area contributed by atoms with Crippen molar-refractivity contribution in [1.82, 2.24) is 10.3 Å². The van der Waals surface area contributed by atoms with E-state index in [-0.39, 0.29) is 0 Å². The molecule has 0 spiro atoms. The van der Waals surface area contributed by atoms with Crippen LogP contribution in [-0.2, 0) is 0 Å². The second-order valence-corrected chi connectivity index (χ2v) is 4.65. The van der Waals surface area contributed by atoms with Gasteiger partial charge < -0.3 is 16.0 Å². The fourth-order valence-corrected chi connectivity index (χ4v) is 2.40. The molecule has 0 bridgehead atoms. The number of pyridine rings is 1. The van der Waals surface area contributed by atoms with Gasteiger partial charge in [-0.05, 0) is 12.1 Å². The number of nitrogens with zero attached hydrogens (tertiary/aromatic N) is 2. The van der Waals surface area contributed by atoms with E-state index < -0.39 is 5.91 Å². The molecule has 1 aromatic heterocycles. The van der Waals surface area contributed by atoms with Gasteiger partial charge in [-0.1, -0.05) is 18.2 Å². The summed E-state index contributed by atoms with van der Waals surface area (Å²) < 4.78 is 0. The van der Waals surface area contributed by atoms with Gasteiger partial charge in [0.1, 0.15) is 5.82 Å². The van der Waals surface area contributed by atoms with Crippen molar-refractivity contribution >= 4 is 22.6 Å². The maximum absolute atomic E-state index is 11.6. The summed E-state index contributed by atoms with van der Waals surface area (Å²) in [4.78, 5) is 18.4. The van der Waals surface area contributed by atoms with Gasteiger partial charge in [0.15, 0.2) is 0 Å². The molecule has 1 amide bonds. The van der Waals surface area contributed by atoms with E-state index in [1.165, 1.54) is 0 Å². The minimum Gasteiger partial charge on any atom is -0.365 e. The van der Waals surface area contributed by atoms with Gasteiger partial charge in [0.05, 0.1) is 11.1 Å². The number of primary amides is 1. The van der Waals surface area contributed by atoms with Crippen LogP contribution in [0.25, 0.3) is 10.9 Å². The van der Waals surface area contributed by atoms with Crippen LogP contribution in [0.1, 0.15) is 10.4 Å². The second-order valence-electron chi connectivity index (χ2n) is 4.65. The first-order valence-corrected chi connectivity index (χ1v) is 6.41. The number of piperazine rings is 1. The van der Waals surface area contributed by atoms with Crippen LogP contribution in [0.2, 0.25) is 0 Å². The Balaban J connectivity index is 2.14. The highest BCUT2D eigenvalue weighted by Gasteiger charge is 2.19. The number of amides is 1. The second kappa shape index (κ2) is 4.85. The quantitative estimate of drug-likeness (QED) is 0.831. The van der Waals surface area contributed by atoms with Crippen molar-refractivity contribution in [2.24, 2.45) is 5.73 Å². The number of hydrogen-bond acceptors (Lipinski definition) is 4. The summed E-state index contributed by atoms with van der Waals surface area (Å²) in [5.41, 5.74) is 6.88. The van der Waals surface area contributed by atoms with Crippen molar-refractivity contribution in [3.63, 3.8) is 0 Å². The van der Waals surface area contributed by atoms with Gasteiger partial charge >= 0.3 is 0 Å². The molecule has 3 rings (SSSR count). The fraction of sp³-hybridized carbons (Fsp3) is 0.286. The molecule has 3 N–H and O–H groups in total. The van der Waals surface area contributed by atoms with Crippen molar-refractivity contribution in [2.75, 3.05) is 31.1 Å². The minimum absolute atomic E-state index is 0.424. The van der Waals surface area contributed by atoms with Crippen LogP contribution in [0.15, 0.2) is 30.3 Å². The van der Waals surface area contributed by atoms with Crippen LogP contribution in [0.5, 0.6) is 0 Å². The summed E-state index contributed by atoms with van der Waals surface area (Å²) in [6.07, 6.45) is 0. The highest BCUT2D eigenvalue weighted by Crippen LogP contribution is 2.23. The summed E-state index contributed by atoms with van der Waals surface area (Å²) in [5.74, 6) is 0.277. The molecule has 2 heterocycles. The molecule has 0 saturated carbocycles. The number of carbonyl (C=O) groups is 1. The third-order valence-corrected chi connectivity index (χ3v) is 3.39. The van der Waals surface area contributed by atoms with Crippen LogP contribution in [0.3, 0.4) is 0 Å². The number of benzene rings is 1. The van der Waals surface area contributed by atoms with Crippen LogP contribution in [0, 0.1) is 0 Å². The topological polar surface area (TPSA) is 71.2 Å². The lowest BCUT2D eigenvalue weighted by Crippen LogP contribution is -2.44. The zero-order valence-corrected chi connectivity index (χ0v) is 10.6. The summed E-state index contributed by atoms with van der Waals surface area (Å²) >= 11 is 0. The Morgan fingerprint density at radius 3 is 2.74 bits per heavy atom. The lowest BCUT2D eigenvalue weighted by Gasteiger charge is -2.29. The summed E-state index contributed by atoms with van der Waals surface area (Å²) in [6.45, 7) is 3.47. The van der Waals surface area contributed by atoms with E-state index in [0.29, 0.717) is 11.4 Å². The fourth-order valence-electron chi connectivity index (χ4n) is 2.40. The molecule has 1 fully saturated rings. The van der Waals surface area contributed by atoms with Crippen LogP contribution >= 0.6 is 0 Å². The standard InChI is InChI=1S/C14H16N4O/c15-13(19)11-9-10-3-1-2-4-12(10)17-14(11)18-7-5-16-6-8-18/h1-4,9,16H,5-8H2,(H2,15,19). The van der Waals surface area contributed by atoms with Crippen molar-refractivity contribution in [2.45, 2.75) is 0 Å². The molecule has 0 radical (unpaired) electrons. The van der Waals surface area contributed by atoms with Gasteiger partial charge in [0.2, 0.25) is 0 Å². The maximum atomic E-state index is 11.6. The third kappa shape index (κ3) is 2.24. The van der Waals surface area contributed by atoms with Gasteiger partial charge in [-0.2, -0.15) is 0 Å². The predicted molar refractivity (Wildman–Crippen MR) is 75.3 cm³/mol. The Morgan fingerprint density at radius 1 is 1.26 bits per heavy atom. The highest BCUT2D eigenvalue weighted by molar-refractivity contribution is 6.01. The predicted octanol–water partition coefficient (Wildman–Crippen LogP) is 0.743. The number of para-hydroxylation sites is 1. The zero-order chi connectivity index (χ0) is 13.2. The van der Waals surface area contributed by atoms with Crippen molar-refractivity contribution < 1.29 is 4.79 Å². The molecule has 1 aromatic carbocycles. The van der Waals surface area contributed by atoms with Crippen molar-refractivity contribution in [3.05, 3.63) is 35.9 Å². The molecular weight excluding hydrogens is 240 g/mol. The molecule has 5 heteroatoms.